The molecule has 6 heteroatoms. The Labute approximate surface area is 140 Å². The fraction of sp³-hybridized carbons (Fsp3) is 0.611. The molecule has 0 aliphatic carbocycles. The first-order valence-corrected chi connectivity index (χ1v) is 8.55. The summed E-state index contributed by atoms with van der Waals surface area (Å²) >= 11 is 0. The molecule has 2 saturated heterocycles. The Kier molecular flexibility index (Phi) is 5.66. The summed E-state index contributed by atoms with van der Waals surface area (Å²) in [6.07, 6.45) is 4.81. The molecule has 0 bridgehead atoms. The number of hydrogen-bond acceptors (Lipinski definition) is 3. The first-order valence-electron chi connectivity index (χ1n) is 8.55. The first-order chi connectivity index (χ1) is 11.6. The number of carbonyl (C=O) groups is 1. The molecule has 1 aromatic rings. The van der Waals surface area contributed by atoms with Gasteiger partial charge in [0.1, 0.15) is 5.75 Å². The van der Waals surface area contributed by atoms with Crippen molar-refractivity contribution in [1.29, 1.82) is 0 Å². The lowest BCUT2D eigenvalue weighted by molar-refractivity contribution is -0.132. The highest BCUT2D eigenvalue weighted by Crippen LogP contribution is 2.29. The predicted molar refractivity (Wildman–Crippen MR) is 85.1 cm³/mol. The maximum absolute atomic E-state index is 12.4. The van der Waals surface area contributed by atoms with Crippen LogP contribution >= 0.6 is 0 Å². The molecule has 1 amide bonds. The monoisotopic (exact) mass is 339 g/mol. The van der Waals surface area contributed by atoms with Gasteiger partial charge in [-0.3, -0.25) is 4.79 Å². The molecule has 2 aliphatic heterocycles. The minimum Gasteiger partial charge on any atom is -0.435 e. The minimum atomic E-state index is -2.85. The van der Waals surface area contributed by atoms with Crippen LogP contribution in [-0.2, 0) is 16.0 Å². The van der Waals surface area contributed by atoms with E-state index in [1.807, 2.05) is 4.90 Å². The average molecular weight is 339 g/mol. The van der Waals surface area contributed by atoms with Crippen LogP contribution in [0.25, 0.3) is 0 Å². The van der Waals surface area contributed by atoms with Crippen LogP contribution in [0.1, 0.15) is 31.2 Å². The van der Waals surface area contributed by atoms with Crippen molar-refractivity contribution in [1.82, 2.24) is 4.90 Å². The van der Waals surface area contributed by atoms with Gasteiger partial charge in [-0.1, -0.05) is 12.1 Å². The summed E-state index contributed by atoms with van der Waals surface area (Å²) in [6.45, 7) is -0.499. The standard InChI is InChI=1S/C18H23F2NO3/c19-18(20)24-15-4-1-3-13(11-15)12-17(22)21-8-6-14(7-9-21)16-5-2-10-23-16/h1,3-4,11,14,16,18H,2,5-10,12H2. The SMILES string of the molecule is O=C(Cc1cccc(OC(F)F)c1)N1CCC(C2CCCO2)CC1. The van der Waals surface area contributed by atoms with Gasteiger partial charge >= 0.3 is 6.61 Å². The topological polar surface area (TPSA) is 38.8 Å². The van der Waals surface area contributed by atoms with E-state index >= 15 is 0 Å². The summed E-state index contributed by atoms with van der Waals surface area (Å²) in [7, 11) is 0. The molecular weight excluding hydrogens is 316 g/mol. The zero-order valence-electron chi connectivity index (χ0n) is 13.6. The molecular formula is C18H23F2NO3. The molecule has 0 radical (unpaired) electrons. The second-order valence-electron chi connectivity index (χ2n) is 6.47. The third-order valence-corrected chi connectivity index (χ3v) is 4.86. The molecule has 0 N–H and O–H groups in total. The van der Waals surface area contributed by atoms with E-state index in [2.05, 4.69) is 4.74 Å². The van der Waals surface area contributed by atoms with Crippen LogP contribution < -0.4 is 4.74 Å². The number of rotatable bonds is 5. The number of halogens is 2. The van der Waals surface area contributed by atoms with Crippen molar-refractivity contribution >= 4 is 5.91 Å². The van der Waals surface area contributed by atoms with Gasteiger partial charge < -0.3 is 14.4 Å². The highest BCUT2D eigenvalue weighted by atomic mass is 19.3. The summed E-state index contributed by atoms with van der Waals surface area (Å²) in [5, 5.41) is 0. The van der Waals surface area contributed by atoms with E-state index in [1.165, 1.54) is 12.1 Å². The predicted octanol–water partition coefficient (Wildman–Crippen LogP) is 3.25. The molecule has 0 saturated carbocycles. The Hall–Kier alpha value is -1.69. The number of ether oxygens (including phenoxy) is 2. The lowest BCUT2D eigenvalue weighted by Crippen LogP contribution is -2.41. The Morgan fingerprint density at radius 3 is 2.75 bits per heavy atom. The molecule has 2 fully saturated rings. The van der Waals surface area contributed by atoms with Crippen LogP contribution in [0.4, 0.5) is 8.78 Å². The van der Waals surface area contributed by atoms with E-state index in [0.29, 0.717) is 17.6 Å². The maximum Gasteiger partial charge on any atom is 0.387 e. The van der Waals surface area contributed by atoms with Gasteiger partial charge in [0.15, 0.2) is 0 Å². The van der Waals surface area contributed by atoms with Gasteiger partial charge in [-0.25, -0.2) is 0 Å². The molecule has 132 valence electrons. The Morgan fingerprint density at radius 1 is 1.29 bits per heavy atom. The molecule has 2 aliphatic rings. The Balaban J connectivity index is 1.50. The lowest BCUT2D eigenvalue weighted by atomic mass is 9.89. The van der Waals surface area contributed by atoms with E-state index in [-0.39, 0.29) is 18.1 Å². The lowest BCUT2D eigenvalue weighted by Gasteiger charge is -2.34. The summed E-state index contributed by atoms with van der Waals surface area (Å²) in [5.74, 6) is 0.682. The number of likely N-dealkylation sites (tertiary alicyclic amines) is 1. The third kappa shape index (κ3) is 4.44. The summed E-state index contributed by atoms with van der Waals surface area (Å²) in [6, 6.07) is 6.36. The van der Waals surface area contributed by atoms with Gasteiger partial charge in [-0.2, -0.15) is 8.78 Å². The van der Waals surface area contributed by atoms with Gasteiger partial charge in [-0.05, 0) is 49.3 Å². The fourth-order valence-corrected chi connectivity index (χ4v) is 3.61. The largest absolute Gasteiger partial charge is 0.435 e. The number of nitrogens with zero attached hydrogens (tertiary/aromatic N) is 1. The number of alkyl halides is 2. The molecule has 1 unspecified atom stereocenters. The number of benzene rings is 1. The van der Waals surface area contributed by atoms with Gasteiger partial charge in [0, 0.05) is 19.7 Å². The Morgan fingerprint density at radius 2 is 2.08 bits per heavy atom. The normalized spacial score (nSPS) is 22.1. The van der Waals surface area contributed by atoms with Crippen LogP contribution in [0, 0.1) is 5.92 Å². The van der Waals surface area contributed by atoms with E-state index in [9.17, 15) is 13.6 Å². The Bertz CT molecular complexity index is 553. The molecule has 24 heavy (non-hydrogen) atoms. The van der Waals surface area contributed by atoms with Crippen LogP contribution in [-0.4, -0.2) is 43.2 Å². The summed E-state index contributed by atoms with van der Waals surface area (Å²) in [4.78, 5) is 14.3. The molecule has 1 aromatic carbocycles. The molecule has 0 aromatic heterocycles. The van der Waals surface area contributed by atoms with Crippen molar-refractivity contribution in [3.05, 3.63) is 29.8 Å². The van der Waals surface area contributed by atoms with Crippen molar-refractivity contribution in [2.24, 2.45) is 5.92 Å². The van der Waals surface area contributed by atoms with Gasteiger partial charge in [0.2, 0.25) is 5.91 Å². The van der Waals surface area contributed by atoms with E-state index < -0.39 is 6.61 Å². The van der Waals surface area contributed by atoms with Crippen molar-refractivity contribution in [3.63, 3.8) is 0 Å². The first kappa shape index (κ1) is 17.1. The van der Waals surface area contributed by atoms with Crippen molar-refractivity contribution in [3.8, 4) is 5.75 Å². The minimum absolute atomic E-state index is 0.0370. The smallest absolute Gasteiger partial charge is 0.387 e. The maximum atomic E-state index is 12.4. The van der Waals surface area contributed by atoms with E-state index in [0.717, 1.165) is 45.4 Å². The second kappa shape index (κ2) is 7.92. The highest BCUT2D eigenvalue weighted by Gasteiger charge is 2.30. The zero-order valence-corrected chi connectivity index (χ0v) is 13.6. The second-order valence-corrected chi connectivity index (χ2v) is 6.47. The van der Waals surface area contributed by atoms with Gasteiger partial charge in [-0.15, -0.1) is 0 Å². The molecule has 0 spiro atoms. The van der Waals surface area contributed by atoms with Crippen molar-refractivity contribution in [2.75, 3.05) is 19.7 Å². The molecule has 3 rings (SSSR count). The van der Waals surface area contributed by atoms with Crippen LogP contribution in [0.2, 0.25) is 0 Å². The van der Waals surface area contributed by atoms with E-state index in [4.69, 9.17) is 4.74 Å². The summed E-state index contributed by atoms with van der Waals surface area (Å²) < 4.78 is 34.7. The summed E-state index contributed by atoms with van der Waals surface area (Å²) in [5.41, 5.74) is 0.694. The van der Waals surface area contributed by atoms with Crippen LogP contribution in [0.5, 0.6) is 5.75 Å². The number of piperidine rings is 1. The van der Waals surface area contributed by atoms with Gasteiger partial charge in [0.05, 0.1) is 12.5 Å². The molecule has 2 heterocycles. The van der Waals surface area contributed by atoms with Crippen molar-refractivity contribution in [2.45, 2.75) is 44.8 Å². The van der Waals surface area contributed by atoms with Crippen molar-refractivity contribution < 1.29 is 23.0 Å². The average Bonchev–Trinajstić information content (AvgIpc) is 3.09. The number of hydrogen-bond donors (Lipinski definition) is 0. The van der Waals surface area contributed by atoms with Crippen LogP contribution in [0.15, 0.2) is 24.3 Å². The molecule has 4 nitrogen and oxygen atoms in total. The fourth-order valence-electron chi connectivity index (χ4n) is 3.61. The van der Waals surface area contributed by atoms with Crippen LogP contribution in [0.3, 0.4) is 0 Å². The zero-order chi connectivity index (χ0) is 16.9. The molecule has 1 atom stereocenters. The quantitative estimate of drug-likeness (QED) is 0.827. The van der Waals surface area contributed by atoms with Gasteiger partial charge in [0.25, 0.3) is 0 Å². The highest BCUT2D eigenvalue weighted by molar-refractivity contribution is 5.79. The number of carbonyl (C=O) groups excluding carboxylic acids is 1. The van der Waals surface area contributed by atoms with E-state index in [1.54, 1.807) is 12.1 Å². The third-order valence-electron chi connectivity index (χ3n) is 4.86. The number of amides is 1.